The van der Waals surface area contributed by atoms with Crippen LogP contribution in [0.4, 0.5) is 0 Å². The lowest BCUT2D eigenvalue weighted by molar-refractivity contribution is 0.198. The molecule has 1 unspecified atom stereocenters. The van der Waals surface area contributed by atoms with Gasteiger partial charge in [0.05, 0.1) is 6.61 Å². The fourth-order valence-electron chi connectivity index (χ4n) is 2.16. The second-order valence-electron chi connectivity index (χ2n) is 5.22. The van der Waals surface area contributed by atoms with E-state index in [2.05, 4.69) is 33.4 Å². The Kier molecular flexibility index (Phi) is 8.48. The van der Waals surface area contributed by atoms with Crippen molar-refractivity contribution < 1.29 is 13.2 Å². The van der Waals surface area contributed by atoms with E-state index in [1.807, 2.05) is 12.1 Å². The first-order valence-electron chi connectivity index (χ1n) is 7.05. The molecule has 0 aliphatic carbocycles. The average Bonchev–Trinajstić information content (AvgIpc) is 2.41. The van der Waals surface area contributed by atoms with Crippen molar-refractivity contribution in [2.24, 2.45) is 0 Å². The lowest BCUT2D eigenvalue weighted by atomic mass is 9.94. The van der Waals surface area contributed by atoms with Gasteiger partial charge in [-0.2, -0.15) is 0 Å². The van der Waals surface area contributed by atoms with Gasteiger partial charge in [-0.1, -0.05) is 28.1 Å². The Bertz CT molecular complexity index is 502. The molecule has 0 radical (unpaired) electrons. The van der Waals surface area contributed by atoms with E-state index in [1.165, 1.54) is 11.8 Å². The van der Waals surface area contributed by atoms with Crippen LogP contribution in [0.5, 0.6) is 0 Å². The highest BCUT2D eigenvalue weighted by Crippen LogP contribution is 2.23. The SMILES string of the molecule is COCCNCC(CCCS(C)(=O)=O)c1ccc(Br)cc1. The lowest BCUT2D eigenvalue weighted by Crippen LogP contribution is -2.25. The summed E-state index contributed by atoms with van der Waals surface area (Å²) in [4.78, 5) is 0. The fraction of sp³-hybridized carbons (Fsp3) is 0.600. The number of halogens is 1. The number of sulfone groups is 1. The van der Waals surface area contributed by atoms with Gasteiger partial charge in [0.2, 0.25) is 0 Å². The molecular weight excluding hydrogens is 354 g/mol. The van der Waals surface area contributed by atoms with E-state index < -0.39 is 9.84 Å². The minimum atomic E-state index is -2.89. The van der Waals surface area contributed by atoms with Crippen molar-refractivity contribution in [3.8, 4) is 0 Å². The van der Waals surface area contributed by atoms with Crippen molar-refractivity contribution in [1.82, 2.24) is 5.32 Å². The van der Waals surface area contributed by atoms with E-state index in [4.69, 9.17) is 4.74 Å². The quantitative estimate of drug-likeness (QED) is 0.636. The molecule has 0 aromatic heterocycles. The molecule has 1 N–H and O–H groups in total. The Morgan fingerprint density at radius 1 is 1.29 bits per heavy atom. The third-order valence-corrected chi connectivity index (χ3v) is 4.84. The maximum atomic E-state index is 11.3. The number of benzene rings is 1. The van der Waals surface area contributed by atoms with Gasteiger partial charge in [0, 0.05) is 36.7 Å². The predicted octanol–water partition coefficient (Wildman–Crippen LogP) is 2.59. The van der Waals surface area contributed by atoms with Gasteiger partial charge in [-0.25, -0.2) is 8.42 Å². The van der Waals surface area contributed by atoms with Gasteiger partial charge in [-0.3, -0.25) is 0 Å². The molecule has 1 aromatic carbocycles. The molecule has 120 valence electrons. The second-order valence-corrected chi connectivity index (χ2v) is 8.39. The molecule has 6 heteroatoms. The van der Waals surface area contributed by atoms with Crippen LogP contribution in [0.1, 0.15) is 24.3 Å². The van der Waals surface area contributed by atoms with Crippen molar-refractivity contribution in [1.29, 1.82) is 0 Å². The Balaban J connectivity index is 2.58. The highest BCUT2D eigenvalue weighted by atomic mass is 79.9. The Morgan fingerprint density at radius 3 is 2.52 bits per heavy atom. The first-order valence-corrected chi connectivity index (χ1v) is 9.90. The van der Waals surface area contributed by atoms with Crippen LogP contribution in [0.25, 0.3) is 0 Å². The summed E-state index contributed by atoms with van der Waals surface area (Å²) in [5.74, 6) is 0.565. The zero-order valence-corrected chi connectivity index (χ0v) is 15.0. The molecular formula is C15H24BrNO3S. The summed E-state index contributed by atoms with van der Waals surface area (Å²) in [5, 5.41) is 3.36. The predicted molar refractivity (Wildman–Crippen MR) is 90.6 cm³/mol. The third kappa shape index (κ3) is 8.56. The monoisotopic (exact) mass is 377 g/mol. The third-order valence-electron chi connectivity index (χ3n) is 3.28. The van der Waals surface area contributed by atoms with E-state index in [9.17, 15) is 8.42 Å². The average molecular weight is 378 g/mol. The van der Waals surface area contributed by atoms with Gasteiger partial charge < -0.3 is 10.1 Å². The van der Waals surface area contributed by atoms with Gasteiger partial charge >= 0.3 is 0 Å². The van der Waals surface area contributed by atoms with E-state index in [1.54, 1.807) is 7.11 Å². The topological polar surface area (TPSA) is 55.4 Å². The molecule has 0 amide bonds. The van der Waals surface area contributed by atoms with Crippen LogP contribution in [0.3, 0.4) is 0 Å². The van der Waals surface area contributed by atoms with Gasteiger partial charge in [0.15, 0.2) is 0 Å². The maximum Gasteiger partial charge on any atom is 0.147 e. The molecule has 0 bridgehead atoms. The summed E-state index contributed by atoms with van der Waals surface area (Å²) < 4.78 is 28.6. The smallest absolute Gasteiger partial charge is 0.147 e. The van der Waals surface area contributed by atoms with Crippen LogP contribution in [0.2, 0.25) is 0 Å². The van der Waals surface area contributed by atoms with E-state index >= 15 is 0 Å². The summed E-state index contributed by atoms with van der Waals surface area (Å²) in [6.07, 6.45) is 2.83. The number of hydrogen-bond donors (Lipinski definition) is 1. The highest BCUT2D eigenvalue weighted by Gasteiger charge is 2.13. The highest BCUT2D eigenvalue weighted by molar-refractivity contribution is 9.10. The van der Waals surface area contributed by atoms with Gasteiger partial charge in [-0.05, 0) is 36.5 Å². The zero-order valence-electron chi connectivity index (χ0n) is 12.6. The standard InChI is InChI=1S/C15H24BrNO3S/c1-20-10-9-17-12-14(4-3-11-21(2,18)19)13-5-7-15(16)8-6-13/h5-8,14,17H,3-4,9-12H2,1-2H3. The van der Waals surface area contributed by atoms with Crippen LogP contribution >= 0.6 is 15.9 Å². The molecule has 0 saturated carbocycles. The van der Waals surface area contributed by atoms with Crippen LogP contribution in [-0.4, -0.2) is 47.2 Å². The summed E-state index contributed by atoms with van der Waals surface area (Å²) in [5.41, 5.74) is 1.23. The van der Waals surface area contributed by atoms with Crippen LogP contribution < -0.4 is 5.32 Å². The first kappa shape index (κ1) is 18.6. The molecule has 0 fully saturated rings. The number of rotatable bonds is 10. The number of hydrogen-bond acceptors (Lipinski definition) is 4. The normalized spacial score (nSPS) is 13.3. The minimum Gasteiger partial charge on any atom is -0.383 e. The van der Waals surface area contributed by atoms with Crippen LogP contribution in [0.15, 0.2) is 28.7 Å². The van der Waals surface area contributed by atoms with Crippen molar-refractivity contribution >= 4 is 25.8 Å². The Labute approximate surface area is 136 Å². The largest absolute Gasteiger partial charge is 0.383 e. The van der Waals surface area contributed by atoms with Crippen LogP contribution in [0, 0.1) is 0 Å². The zero-order chi connectivity index (χ0) is 15.7. The van der Waals surface area contributed by atoms with Gasteiger partial charge in [0.1, 0.15) is 9.84 Å². The molecule has 0 aliphatic rings. The second kappa shape index (κ2) is 9.56. The molecule has 21 heavy (non-hydrogen) atoms. The molecule has 0 spiro atoms. The molecule has 0 saturated heterocycles. The summed E-state index contributed by atoms with van der Waals surface area (Å²) in [6, 6.07) is 8.22. The lowest BCUT2D eigenvalue weighted by Gasteiger charge is -2.18. The van der Waals surface area contributed by atoms with E-state index in [-0.39, 0.29) is 5.75 Å². The molecule has 0 aliphatic heterocycles. The minimum absolute atomic E-state index is 0.248. The maximum absolute atomic E-state index is 11.3. The molecule has 4 nitrogen and oxygen atoms in total. The van der Waals surface area contributed by atoms with Crippen molar-refractivity contribution in [3.63, 3.8) is 0 Å². The Hall–Kier alpha value is -0.430. The number of nitrogens with one attached hydrogen (secondary N) is 1. The molecule has 0 heterocycles. The van der Waals surface area contributed by atoms with Gasteiger partial charge in [0.25, 0.3) is 0 Å². The first-order chi connectivity index (χ1) is 9.92. The fourth-order valence-corrected chi connectivity index (χ4v) is 3.12. The van der Waals surface area contributed by atoms with Crippen LogP contribution in [-0.2, 0) is 14.6 Å². The molecule has 1 atom stereocenters. The van der Waals surface area contributed by atoms with Crippen molar-refractivity contribution in [2.75, 3.05) is 38.8 Å². The Morgan fingerprint density at radius 2 is 1.95 bits per heavy atom. The molecule has 1 aromatic rings. The van der Waals surface area contributed by atoms with E-state index in [0.717, 1.165) is 24.0 Å². The summed E-state index contributed by atoms with van der Waals surface area (Å²) >= 11 is 3.44. The number of methoxy groups -OCH3 is 1. The van der Waals surface area contributed by atoms with Gasteiger partial charge in [-0.15, -0.1) is 0 Å². The summed E-state index contributed by atoms with van der Waals surface area (Å²) in [7, 11) is -1.21. The molecule has 1 rings (SSSR count). The number of ether oxygens (including phenoxy) is 1. The van der Waals surface area contributed by atoms with Crippen molar-refractivity contribution in [3.05, 3.63) is 34.3 Å². The van der Waals surface area contributed by atoms with E-state index in [0.29, 0.717) is 18.9 Å². The summed E-state index contributed by atoms with van der Waals surface area (Å²) in [6.45, 7) is 2.31. The van der Waals surface area contributed by atoms with Crippen molar-refractivity contribution in [2.45, 2.75) is 18.8 Å².